The van der Waals surface area contributed by atoms with Gasteiger partial charge in [-0.25, -0.2) is 8.78 Å². The summed E-state index contributed by atoms with van der Waals surface area (Å²) in [7, 11) is 0. The molecular weight excluding hydrogens is 426 g/mol. The maximum Gasteiger partial charge on any atom is 0.321 e. The number of halogens is 3. The second-order valence-electron chi connectivity index (χ2n) is 6.80. The van der Waals surface area contributed by atoms with Gasteiger partial charge in [0.1, 0.15) is 17.7 Å². The first-order chi connectivity index (χ1) is 13.3. The average molecular weight is 447 g/mol. The fourth-order valence-corrected chi connectivity index (χ4v) is 3.83. The van der Waals surface area contributed by atoms with Crippen LogP contribution in [0, 0.1) is 16.4 Å². The molecule has 1 amide bonds. The molecule has 1 aliphatic rings. The van der Waals surface area contributed by atoms with Crippen LogP contribution in [0.15, 0.2) is 18.3 Å². The van der Waals surface area contributed by atoms with Gasteiger partial charge in [-0.15, -0.1) is 12.4 Å². The fourth-order valence-electron chi connectivity index (χ4n) is 3.51. The highest BCUT2D eigenvalue weighted by atomic mass is 35.5. The molecule has 0 saturated heterocycles. The Kier molecular flexibility index (Phi) is 7.50. The van der Waals surface area contributed by atoms with Crippen molar-refractivity contribution >= 4 is 36.5 Å². The lowest BCUT2D eigenvalue weighted by Gasteiger charge is -2.27. The van der Waals surface area contributed by atoms with Gasteiger partial charge in [0, 0.05) is 18.3 Å². The molecule has 0 aliphatic heterocycles. The summed E-state index contributed by atoms with van der Waals surface area (Å²) < 4.78 is 29.8. The van der Waals surface area contributed by atoms with Crippen molar-refractivity contribution in [2.24, 2.45) is 5.73 Å². The molecule has 158 valence electrons. The summed E-state index contributed by atoms with van der Waals surface area (Å²) in [6.07, 6.45) is 2.81. The third-order valence-electron chi connectivity index (χ3n) is 4.88. The number of carboxylic acid groups (broad SMARTS) is 1. The Balaban J connectivity index is 0.00000300. The van der Waals surface area contributed by atoms with Gasteiger partial charge < -0.3 is 25.7 Å². The number of H-pyrrole nitrogens is 1. The molecule has 1 aromatic heterocycles. The highest BCUT2D eigenvalue weighted by Crippen LogP contribution is 2.32. The molecule has 1 aliphatic carbocycles. The van der Waals surface area contributed by atoms with Gasteiger partial charge in [0.2, 0.25) is 5.91 Å². The van der Waals surface area contributed by atoms with Gasteiger partial charge >= 0.3 is 5.97 Å². The summed E-state index contributed by atoms with van der Waals surface area (Å²) >= 11 is 5.34. The van der Waals surface area contributed by atoms with Gasteiger partial charge in [-0.1, -0.05) is 0 Å². The van der Waals surface area contributed by atoms with E-state index < -0.39 is 29.6 Å². The number of benzene rings is 1. The SMILES string of the molecule is Cl.N[C@@H](CC(=O)NCc1c[nH]c(=S)n1C1CCc2c(F)cc(F)cc2C1)C(=O)O. The molecule has 0 bridgehead atoms. The van der Waals surface area contributed by atoms with Crippen LogP contribution in [-0.4, -0.2) is 32.6 Å². The second-order valence-corrected chi connectivity index (χ2v) is 7.19. The normalized spacial score (nSPS) is 16.4. The second kappa shape index (κ2) is 9.47. The lowest BCUT2D eigenvalue weighted by atomic mass is 9.87. The molecule has 5 N–H and O–H groups in total. The van der Waals surface area contributed by atoms with E-state index in [0.29, 0.717) is 40.9 Å². The van der Waals surface area contributed by atoms with Gasteiger partial charge in [-0.2, -0.15) is 0 Å². The monoisotopic (exact) mass is 446 g/mol. The van der Waals surface area contributed by atoms with E-state index in [4.69, 9.17) is 23.1 Å². The number of hydrogen-bond acceptors (Lipinski definition) is 4. The van der Waals surface area contributed by atoms with Crippen molar-refractivity contribution in [1.29, 1.82) is 0 Å². The summed E-state index contributed by atoms with van der Waals surface area (Å²) in [5, 5.41) is 11.4. The summed E-state index contributed by atoms with van der Waals surface area (Å²) in [6, 6.07) is 0.854. The van der Waals surface area contributed by atoms with E-state index in [9.17, 15) is 18.4 Å². The molecule has 2 atom stereocenters. The first kappa shape index (κ1) is 23.0. The first-order valence-electron chi connectivity index (χ1n) is 8.77. The number of amides is 1. The molecule has 29 heavy (non-hydrogen) atoms. The van der Waals surface area contributed by atoms with Gasteiger partial charge in [-0.3, -0.25) is 9.59 Å². The zero-order valence-corrected chi connectivity index (χ0v) is 16.9. The van der Waals surface area contributed by atoms with Gasteiger partial charge in [-0.05, 0) is 48.7 Å². The minimum Gasteiger partial charge on any atom is -0.480 e. The van der Waals surface area contributed by atoms with Crippen molar-refractivity contribution in [3.63, 3.8) is 0 Å². The van der Waals surface area contributed by atoms with Crippen LogP contribution in [0.3, 0.4) is 0 Å². The maximum absolute atomic E-state index is 14.0. The first-order valence-corrected chi connectivity index (χ1v) is 9.17. The third-order valence-corrected chi connectivity index (χ3v) is 5.20. The molecule has 0 fully saturated rings. The number of rotatable bonds is 6. The number of fused-ring (bicyclic) bond motifs is 1. The number of carbonyl (C=O) groups excluding carboxylic acids is 1. The molecule has 11 heteroatoms. The zero-order valence-electron chi connectivity index (χ0n) is 15.3. The van der Waals surface area contributed by atoms with Crippen LogP contribution >= 0.6 is 24.6 Å². The van der Waals surface area contributed by atoms with Crippen molar-refractivity contribution in [3.05, 3.63) is 51.6 Å². The minimum atomic E-state index is -1.27. The largest absolute Gasteiger partial charge is 0.480 e. The van der Waals surface area contributed by atoms with Crippen molar-refractivity contribution in [2.45, 2.75) is 44.3 Å². The quantitative estimate of drug-likeness (QED) is 0.509. The Morgan fingerprint density at radius 1 is 1.41 bits per heavy atom. The number of aromatic amines is 1. The maximum atomic E-state index is 14.0. The molecule has 1 heterocycles. The number of carbonyl (C=O) groups is 2. The lowest BCUT2D eigenvalue weighted by molar-refractivity contribution is -0.140. The highest BCUT2D eigenvalue weighted by molar-refractivity contribution is 7.71. The van der Waals surface area contributed by atoms with E-state index in [-0.39, 0.29) is 31.4 Å². The standard InChI is InChI=1S/C18H20F2N4O3S.ClH/c19-10-3-9-4-11(1-2-13(9)14(20)5-10)24-12(8-23-18(24)28)7-22-16(25)6-15(21)17(26)27;/h3,5,8,11,15H,1-2,4,6-7,21H2,(H,22,25)(H,23,28)(H,26,27);1H/t11?,15-;/m0./s1. The van der Waals surface area contributed by atoms with Crippen LogP contribution in [0.2, 0.25) is 0 Å². The Morgan fingerprint density at radius 3 is 2.83 bits per heavy atom. The van der Waals surface area contributed by atoms with Gasteiger partial charge in [0.05, 0.1) is 18.7 Å². The van der Waals surface area contributed by atoms with Crippen LogP contribution in [0.1, 0.15) is 35.7 Å². The van der Waals surface area contributed by atoms with Crippen molar-refractivity contribution < 1.29 is 23.5 Å². The number of aromatic nitrogens is 2. The van der Waals surface area contributed by atoms with E-state index in [1.165, 1.54) is 6.07 Å². The van der Waals surface area contributed by atoms with Crippen molar-refractivity contribution in [3.8, 4) is 0 Å². The number of carboxylic acids is 1. The molecule has 0 spiro atoms. The molecular formula is C18H21ClF2N4O3S. The summed E-state index contributed by atoms with van der Waals surface area (Å²) in [6.45, 7) is 0.124. The van der Waals surface area contributed by atoms with E-state index in [0.717, 1.165) is 6.07 Å². The summed E-state index contributed by atoms with van der Waals surface area (Å²) in [5.41, 5.74) is 7.18. The number of imidazole rings is 1. The van der Waals surface area contributed by atoms with E-state index in [2.05, 4.69) is 10.3 Å². The van der Waals surface area contributed by atoms with Gasteiger partial charge in [0.15, 0.2) is 4.77 Å². The number of nitrogens with one attached hydrogen (secondary N) is 2. The molecule has 3 rings (SSSR count). The molecule has 7 nitrogen and oxygen atoms in total. The minimum absolute atomic E-state index is 0. The number of nitrogens with two attached hydrogens (primary N) is 1. The predicted molar refractivity (Wildman–Crippen MR) is 106 cm³/mol. The average Bonchev–Trinajstić information content (AvgIpc) is 2.99. The van der Waals surface area contributed by atoms with Crippen LogP contribution in [0.4, 0.5) is 8.78 Å². The Hall–Kier alpha value is -2.30. The molecule has 1 aromatic carbocycles. The van der Waals surface area contributed by atoms with Crippen LogP contribution in [0.5, 0.6) is 0 Å². The van der Waals surface area contributed by atoms with E-state index >= 15 is 0 Å². The predicted octanol–water partition coefficient (Wildman–Crippen LogP) is 2.39. The number of hydrogen-bond donors (Lipinski definition) is 4. The highest BCUT2D eigenvalue weighted by Gasteiger charge is 2.25. The van der Waals surface area contributed by atoms with Crippen molar-refractivity contribution in [1.82, 2.24) is 14.9 Å². The number of nitrogens with zero attached hydrogens (tertiary/aromatic N) is 1. The summed E-state index contributed by atoms with van der Waals surface area (Å²) in [4.78, 5) is 25.5. The van der Waals surface area contributed by atoms with Crippen LogP contribution in [-0.2, 0) is 29.0 Å². The molecule has 2 aromatic rings. The molecule has 0 saturated carbocycles. The fraction of sp³-hybridized carbons (Fsp3) is 0.389. The van der Waals surface area contributed by atoms with E-state index in [1.807, 2.05) is 4.57 Å². The Labute approximate surface area is 176 Å². The number of aliphatic carboxylic acids is 1. The van der Waals surface area contributed by atoms with Crippen molar-refractivity contribution in [2.75, 3.05) is 0 Å². The molecule has 0 radical (unpaired) electrons. The van der Waals surface area contributed by atoms with E-state index in [1.54, 1.807) is 6.20 Å². The smallest absolute Gasteiger partial charge is 0.321 e. The zero-order chi connectivity index (χ0) is 20.4. The van der Waals surface area contributed by atoms with Crippen LogP contribution < -0.4 is 11.1 Å². The topological polar surface area (TPSA) is 113 Å². The third kappa shape index (κ3) is 5.20. The Morgan fingerprint density at radius 2 is 2.14 bits per heavy atom. The summed E-state index contributed by atoms with van der Waals surface area (Å²) in [5.74, 6) is -2.89. The Bertz CT molecular complexity index is 979. The van der Waals surface area contributed by atoms with Gasteiger partial charge in [0.25, 0.3) is 0 Å². The van der Waals surface area contributed by atoms with Crippen LogP contribution in [0.25, 0.3) is 0 Å². The lowest BCUT2D eigenvalue weighted by Crippen LogP contribution is -2.37. The molecule has 1 unspecified atom stereocenters.